The Kier molecular flexibility index (Phi) is 5.11. The van der Waals surface area contributed by atoms with Gasteiger partial charge in [0.05, 0.1) is 21.2 Å². The lowest BCUT2D eigenvalue weighted by Gasteiger charge is -2.17. The molecule has 2 N–H and O–H groups in total. The molecule has 0 radical (unpaired) electrons. The van der Waals surface area contributed by atoms with Crippen LogP contribution in [-0.4, -0.2) is 22.0 Å². The van der Waals surface area contributed by atoms with Gasteiger partial charge in [-0.1, -0.05) is 24.9 Å². The Labute approximate surface area is 115 Å². The summed E-state index contributed by atoms with van der Waals surface area (Å²) in [6.45, 7) is 3.90. The van der Waals surface area contributed by atoms with Crippen LogP contribution in [0.25, 0.3) is 0 Å². The molecule has 0 aliphatic heterocycles. The third-order valence-corrected chi connectivity index (χ3v) is 2.93. The van der Waals surface area contributed by atoms with E-state index in [1.54, 1.807) is 0 Å². The maximum atomic E-state index is 11.2. The van der Waals surface area contributed by atoms with Crippen LogP contribution >= 0.6 is 11.6 Å². The third kappa shape index (κ3) is 3.82. The fourth-order valence-corrected chi connectivity index (χ4v) is 2.03. The number of hydrogen-bond donors (Lipinski definition) is 2. The molecule has 0 bridgehead atoms. The minimum atomic E-state index is -1.25. The Morgan fingerprint density at radius 2 is 2.21 bits per heavy atom. The predicted octanol–water partition coefficient (Wildman–Crippen LogP) is 3.55. The van der Waals surface area contributed by atoms with Gasteiger partial charge in [-0.2, -0.15) is 0 Å². The smallest absolute Gasteiger partial charge is 0.338 e. The van der Waals surface area contributed by atoms with Crippen LogP contribution in [-0.2, 0) is 0 Å². The van der Waals surface area contributed by atoms with Gasteiger partial charge < -0.3 is 10.4 Å². The summed E-state index contributed by atoms with van der Waals surface area (Å²) in [5, 5.41) is 22.8. The van der Waals surface area contributed by atoms with Crippen LogP contribution < -0.4 is 5.32 Å². The number of halogens is 1. The highest BCUT2D eigenvalue weighted by Gasteiger charge is 2.20. The molecule has 1 unspecified atom stereocenters. The summed E-state index contributed by atoms with van der Waals surface area (Å²) >= 11 is 5.94. The first-order valence-corrected chi connectivity index (χ1v) is 6.22. The largest absolute Gasteiger partial charge is 0.478 e. The number of nitro benzene ring substituents is 1. The third-order valence-electron chi connectivity index (χ3n) is 2.63. The molecule has 6 nitrogen and oxygen atoms in total. The van der Waals surface area contributed by atoms with Gasteiger partial charge in [0.25, 0.3) is 5.69 Å². The second kappa shape index (κ2) is 6.38. The van der Waals surface area contributed by atoms with Crippen molar-refractivity contribution in [3.8, 4) is 0 Å². The molecule has 0 aliphatic rings. The Hall–Kier alpha value is -1.82. The number of non-ortho nitro benzene ring substituents is 1. The Balaban J connectivity index is 3.22. The van der Waals surface area contributed by atoms with E-state index < -0.39 is 10.9 Å². The van der Waals surface area contributed by atoms with E-state index in [9.17, 15) is 14.9 Å². The number of aromatic carboxylic acids is 1. The van der Waals surface area contributed by atoms with Crippen molar-refractivity contribution < 1.29 is 14.8 Å². The van der Waals surface area contributed by atoms with Gasteiger partial charge in [-0.15, -0.1) is 0 Å². The zero-order valence-electron chi connectivity index (χ0n) is 10.6. The standard InChI is InChI=1S/C12H15ClN2O4/c1-3-4-7(2)14-11-9(12(16)17)5-8(15(18)19)6-10(11)13/h5-7,14H,3-4H2,1-2H3,(H,16,17). The highest BCUT2D eigenvalue weighted by molar-refractivity contribution is 6.34. The molecule has 1 atom stereocenters. The average molecular weight is 287 g/mol. The fourth-order valence-electron chi connectivity index (χ4n) is 1.76. The van der Waals surface area contributed by atoms with Crippen LogP contribution in [0.15, 0.2) is 12.1 Å². The van der Waals surface area contributed by atoms with Crippen molar-refractivity contribution in [3.63, 3.8) is 0 Å². The molecule has 0 spiro atoms. The number of carboxylic acid groups (broad SMARTS) is 1. The van der Waals surface area contributed by atoms with Crippen molar-refractivity contribution in [2.45, 2.75) is 32.7 Å². The Morgan fingerprint density at radius 1 is 1.58 bits per heavy atom. The first kappa shape index (κ1) is 15.2. The average Bonchev–Trinajstić information content (AvgIpc) is 2.31. The second-order valence-corrected chi connectivity index (χ2v) is 4.65. The highest BCUT2D eigenvalue weighted by atomic mass is 35.5. The van der Waals surface area contributed by atoms with Crippen molar-refractivity contribution in [2.24, 2.45) is 0 Å². The van der Waals surface area contributed by atoms with E-state index in [2.05, 4.69) is 5.32 Å². The molecular formula is C12H15ClN2O4. The van der Waals surface area contributed by atoms with Crippen LogP contribution in [0.2, 0.25) is 5.02 Å². The van der Waals surface area contributed by atoms with E-state index in [1.807, 2.05) is 13.8 Å². The number of carbonyl (C=O) groups is 1. The molecule has 1 aromatic carbocycles. The first-order chi connectivity index (χ1) is 8.86. The van der Waals surface area contributed by atoms with E-state index in [0.717, 1.165) is 25.0 Å². The zero-order valence-corrected chi connectivity index (χ0v) is 11.4. The summed E-state index contributed by atoms with van der Waals surface area (Å²) in [6.07, 6.45) is 1.77. The van der Waals surface area contributed by atoms with Crippen molar-refractivity contribution in [1.82, 2.24) is 0 Å². The quantitative estimate of drug-likeness (QED) is 0.616. The first-order valence-electron chi connectivity index (χ1n) is 5.84. The number of rotatable bonds is 6. The highest BCUT2D eigenvalue weighted by Crippen LogP contribution is 2.32. The summed E-state index contributed by atoms with van der Waals surface area (Å²) < 4.78 is 0. The molecule has 1 rings (SSSR count). The number of hydrogen-bond acceptors (Lipinski definition) is 4. The van der Waals surface area contributed by atoms with Crippen LogP contribution in [0.3, 0.4) is 0 Å². The lowest BCUT2D eigenvalue weighted by atomic mass is 10.1. The topological polar surface area (TPSA) is 92.5 Å². The Morgan fingerprint density at radius 3 is 2.68 bits per heavy atom. The lowest BCUT2D eigenvalue weighted by molar-refractivity contribution is -0.384. The molecule has 1 aromatic rings. The molecule has 0 aromatic heterocycles. The van der Waals surface area contributed by atoms with Crippen molar-refractivity contribution in [3.05, 3.63) is 32.8 Å². The summed E-state index contributed by atoms with van der Waals surface area (Å²) in [7, 11) is 0. The minimum Gasteiger partial charge on any atom is -0.478 e. The van der Waals surface area contributed by atoms with Crippen LogP contribution in [0.5, 0.6) is 0 Å². The number of benzene rings is 1. The number of anilines is 1. The molecule has 0 amide bonds. The number of nitrogens with zero attached hydrogens (tertiary/aromatic N) is 1. The molecular weight excluding hydrogens is 272 g/mol. The van der Waals surface area contributed by atoms with E-state index in [1.165, 1.54) is 0 Å². The van der Waals surface area contributed by atoms with Gasteiger partial charge in [-0.25, -0.2) is 4.79 Å². The number of carboxylic acids is 1. The van der Waals surface area contributed by atoms with Gasteiger partial charge >= 0.3 is 5.97 Å². The van der Waals surface area contributed by atoms with Crippen molar-refractivity contribution >= 4 is 28.9 Å². The maximum Gasteiger partial charge on any atom is 0.338 e. The van der Waals surface area contributed by atoms with Gasteiger partial charge in [0.15, 0.2) is 0 Å². The van der Waals surface area contributed by atoms with Crippen molar-refractivity contribution in [2.75, 3.05) is 5.32 Å². The van der Waals surface area contributed by atoms with Gasteiger partial charge in [0.1, 0.15) is 0 Å². The van der Waals surface area contributed by atoms with E-state index in [-0.39, 0.29) is 28.0 Å². The SMILES string of the molecule is CCCC(C)Nc1c(Cl)cc([N+](=O)[O-])cc1C(=O)O. The normalized spacial score (nSPS) is 11.9. The molecule has 0 fully saturated rings. The lowest BCUT2D eigenvalue weighted by Crippen LogP contribution is -2.17. The molecule has 0 aliphatic carbocycles. The summed E-state index contributed by atoms with van der Waals surface area (Å²) in [4.78, 5) is 21.2. The van der Waals surface area contributed by atoms with Gasteiger partial charge in [0.2, 0.25) is 0 Å². The van der Waals surface area contributed by atoms with E-state index >= 15 is 0 Å². The van der Waals surface area contributed by atoms with Gasteiger partial charge in [0, 0.05) is 18.2 Å². The number of nitrogens with one attached hydrogen (secondary N) is 1. The zero-order chi connectivity index (χ0) is 14.6. The summed E-state index contributed by atoms with van der Waals surface area (Å²) in [5.74, 6) is -1.25. The van der Waals surface area contributed by atoms with E-state index in [4.69, 9.17) is 16.7 Å². The summed E-state index contributed by atoms with van der Waals surface area (Å²) in [6, 6.07) is 2.19. The molecule has 0 heterocycles. The van der Waals surface area contributed by atoms with Gasteiger partial charge in [-0.3, -0.25) is 10.1 Å². The fraction of sp³-hybridized carbons (Fsp3) is 0.417. The van der Waals surface area contributed by atoms with Gasteiger partial charge in [-0.05, 0) is 13.3 Å². The maximum absolute atomic E-state index is 11.2. The van der Waals surface area contributed by atoms with Crippen LogP contribution in [0.4, 0.5) is 11.4 Å². The molecule has 0 saturated carbocycles. The molecule has 7 heteroatoms. The Bertz CT molecular complexity index is 505. The minimum absolute atomic E-state index is 0.0297. The number of nitro groups is 1. The summed E-state index contributed by atoms with van der Waals surface area (Å²) in [5.41, 5.74) is -0.307. The molecule has 19 heavy (non-hydrogen) atoms. The monoisotopic (exact) mass is 286 g/mol. The van der Waals surface area contributed by atoms with E-state index in [0.29, 0.717) is 0 Å². The predicted molar refractivity (Wildman–Crippen MR) is 73.1 cm³/mol. The van der Waals surface area contributed by atoms with Crippen LogP contribution in [0, 0.1) is 10.1 Å². The molecule has 104 valence electrons. The second-order valence-electron chi connectivity index (χ2n) is 4.25. The van der Waals surface area contributed by atoms with Crippen LogP contribution in [0.1, 0.15) is 37.0 Å². The van der Waals surface area contributed by atoms with Crippen molar-refractivity contribution in [1.29, 1.82) is 0 Å². The molecule has 0 saturated heterocycles.